The van der Waals surface area contributed by atoms with Crippen molar-refractivity contribution in [2.45, 2.75) is 16.8 Å². The molecule has 0 bridgehead atoms. The quantitative estimate of drug-likeness (QED) is 0.807. The van der Waals surface area contributed by atoms with Gasteiger partial charge in [0.1, 0.15) is 5.25 Å². The minimum Gasteiger partial charge on any atom is -0.465 e. The Morgan fingerprint density at radius 3 is 2.84 bits per heavy atom. The molecule has 0 amide bonds. The zero-order valence-corrected chi connectivity index (χ0v) is 11.4. The molecule has 4 nitrogen and oxygen atoms in total. The molecule has 1 aliphatic rings. The predicted octanol–water partition coefficient (Wildman–Crippen LogP) is 2.49. The van der Waals surface area contributed by atoms with Crippen LogP contribution in [0.5, 0.6) is 0 Å². The van der Waals surface area contributed by atoms with Gasteiger partial charge in [-0.1, -0.05) is 42.1 Å². The molecule has 0 unspecified atom stereocenters. The lowest BCUT2D eigenvalue weighted by atomic mass is 10.2. The average molecular weight is 274 g/mol. The Bertz CT molecular complexity index is 595. The SMILES string of the molecule is Cn1c(-c2ccccc2)cnc1S[C@@H]1CCOC1=O. The fourth-order valence-electron chi connectivity index (χ4n) is 2.09. The first-order valence-electron chi connectivity index (χ1n) is 6.16. The fraction of sp³-hybridized carbons (Fsp3) is 0.286. The Labute approximate surface area is 115 Å². The van der Waals surface area contributed by atoms with Crippen LogP contribution >= 0.6 is 11.8 Å². The molecular weight excluding hydrogens is 260 g/mol. The third-order valence-electron chi connectivity index (χ3n) is 3.15. The largest absolute Gasteiger partial charge is 0.465 e. The number of nitrogens with zero attached hydrogens (tertiary/aromatic N) is 2. The average Bonchev–Trinajstić information content (AvgIpc) is 2.99. The van der Waals surface area contributed by atoms with E-state index >= 15 is 0 Å². The number of ether oxygens (including phenoxy) is 1. The summed E-state index contributed by atoms with van der Waals surface area (Å²) in [5.41, 5.74) is 2.17. The lowest BCUT2D eigenvalue weighted by molar-refractivity contribution is -0.137. The van der Waals surface area contributed by atoms with E-state index in [1.54, 1.807) is 0 Å². The Hall–Kier alpha value is -1.75. The topological polar surface area (TPSA) is 44.1 Å². The molecule has 19 heavy (non-hydrogen) atoms. The van der Waals surface area contributed by atoms with Gasteiger partial charge in [-0.15, -0.1) is 0 Å². The summed E-state index contributed by atoms with van der Waals surface area (Å²) in [6.45, 7) is 0.520. The molecule has 1 fully saturated rings. The number of esters is 1. The van der Waals surface area contributed by atoms with Gasteiger partial charge in [0.2, 0.25) is 0 Å². The standard InChI is InChI=1S/C14H14N2O2S/c1-16-11(10-5-3-2-4-6-10)9-15-14(16)19-12-7-8-18-13(12)17/h2-6,9,12H,7-8H2,1H3/t12-/m1/s1. The van der Waals surface area contributed by atoms with Crippen LogP contribution in [0.3, 0.4) is 0 Å². The van der Waals surface area contributed by atoms with Crippen molar-refractivity contribution in [3.8, 4) is 11.3 Å². The van der Waals surface area contributed by atoms with Gasteiger partial charge in [-0.05, 0) is 5.56 Å². The third-order valence-corrected chi connectivity index (χ3v) is 4.45. The maximum Gasteiger partial charge on any atom is 0.319 e. The summed E-state index contributed by atoms with van der Waals surface area (Å²) in [5.74, 6) is -0.130. The number of thioether (sulfide) groups is 1. The van der Waals surface area contributed by atoms with E-state index < -0.39 is 0 Å². The highest BCUT2D eigenvalue weighted by Gasteiger charge is 2.29. The number of carbonyl (C=O) groups is 1. The van der Waals surface area contributed by atoms with Crippen molar-refractivity contribution in [3.63, 3.8) is 0 Å². The van der Waals surface area contributed by atoms with E-state index in [9.17, 15) is 4.79 Å². The Morgan fingerprint density at radius 1 is 1.37 bits per heavy atom. The number of aromatic nitrogens is 2. The molecule has 1 aromatic heterocycles. The number of benzene rings is 1. The lowest BCUT2D eigenvalue weighted by Crippen LogP contribution is -2.10. The molecule has 1 aliphatic heterocycles. The van der Waals surface area contributed by atoms with Crippen LogP contribution < -0.4 is 0 Å². The molecule has 5 heteroatoms. The summed E-state index contributed by atoms with van der Waals surface area (Å²) < 4.78 is 6.99. The molecule has 2 aromatic rings. The summed E-state index contributed by atoms with van der Waals surface area (Å²) in [4.78, 5) is 15.9. The van der Waals surface area contributed by atoms with Crippen LogP contribution in [0.2, 0.25) is 0 Å². The monoisotopic (exact) mass is 274 g/mol. The number of imidazole rings is 1. The predicted molar refractivity (Wildman–Crippen MR) is 73.9 cm³/mol. The number of hydrogen-bond donors (Lipinski definition) is 0. The van der Waals surface area contributed by atoms with E-state index in [0.29, 0.717) is 6.61 Å². The second-order valence-electron chi connectivity index (χ2n) is 4.41. The summed E-state index contributed by atoms with van der Waals surface area (Å²) in [7, 11) is 1.97. The zero-order valence-electron chi connectivity index (χ0n) is 10.6. The summed E-state index contributed by atoms with van der Waals surface area (Å²) >= 11 is 1.48. The molecule has 1 aromatic carbocycles. The maximum atomic E-state index is 11.5. The van der Waals surface area contributed by atoms with Gasteiger partial charge in [-0.2, -0.15) is 0 Å². The first kappa shape index (κ1) is 12.3. The van der Waals surface area contributed by atoms with Crippen molar-refractivity contribution < 1.29 is 9.53 Å². The highest BCUT2D eigenvalue weighted by molar-refractivity contribution is 8.00. The smallest absolute Gasteiger partial charge is 0.319 e. The van der Waals surface area contributed by atoms with Crippen LogP contribution in [0.15, 0.2) is 41.7 Å². The highest BCUT2D eigenvalue weighted by Crippen LogP contribution is 2.31. The number of hydrogen-bond acceptors (Lipinski definition) is 4. The van der Waals surface area contributed by atoms with Crippen LogP contribution in [0.4, 0.5) is 0 Å². The maximum absolute atomic E-state index is 11.5. The van der Waals surface area contributed by atoms with Crippen molar-refractivity contribution in [2.75, 3.05) is 6.61 Å². The summed E-state index contributed by atoms with van der Waals surface area (Å²) in [6.07, 6.45) is 2.61. The molecule has 98 valence electrons. The van der Waals surface area contributed by atoms with Crippen LogP contribution in [0.1, 0.15) is 6.42 Å². The van der Waals surface area contributed by atoms with Gasteiger partial charge < -0.3 is 9.30 Å². The lowest BCUT2D eigenvalue weighted by Gasteiger charge is -2.07. The summed E-state index contributed by atoms with van der Waals surface area (Å²) in [5, 5.41) is 0.729. The van der Waals surface area contributed by atoms with Gasteiger partial charge in [0, 0.05) is 13.5 Å². The molecule has 3 rings (SSSR count). The van der Waals surface area contributed by atoms with Gasteiger partial charge in [0.05, 0.1) is 18.5 Å². The molecule has 2 heterocycles. The van der Waals surface area contributed by atoms with Crippen LogP contribution in [-0.2, 0) is 16.6 Å². The summed E-state index contributed by atoms with van der Waals surface area (Å²) in [6, 6.07) is 10.1. The van der Waals surface area contributed by atoms with Crippen molar-refractivity contribution >= 4 is 17.7 Å². The van der Waals surface area contributed by atoms with E-state index in [1.165, 1.54) is 11.8 Å². The van der Waals surface area contributed by atoms with Crippen molar-refractivity contribution in [1.29, 1.82) is 0 Å². The third kappa shape index (κ3) is 2.38. The molecular formula is C14H14N2O2S. The van der Waals surface area contributed by atoms with Gasteiger partial charge >= 0.3 is 5.97 Å². The van der Waals surface area contributed by atoms with Gasteiger partial charge in [-0.25, -0.2) is 4.98 Å². The van der Waals surface area contributed by atoms with Gasteiger partial charge in [0.15, 0.2) is 5.16 Å². The van der Waals surface area contributed by atoms with Crippen molar-refractivity contribution in [1.82, 2.24) is 9.55 Å². The van der Waals surface area contributed by atoms with E-state index in [4.69, 9.17) is 4.74 Å². The van der Waals surface area contributed by atoms with Gasteiger partial charge in [-0.3, -0.25) is 4.79 Å². The minimum absolute atomic E-state index is 0.121. The molecule has 0 radical (unpaired) electrons. The van der Waals surface area contributed by atoms with Crippen LogP contribution in [0, 0.1) is 0 Å². The Kier molecular flexibility index (Phi) is 3.29. The first-order valence-corrected chi connectivity index (χ1v) is 7.04. The molecule has 1 saturated heterocycles. The Balaban J connectivity index is 1.85. The molecule has 1 atom stereocenters. The van der Waals surface area contributed by atoms with E-state index in [-0.39, 0.29) is 11.2 Å². The second-order valence-corrected chi connectivity index (χ2v) is 5.58. The number of cyclic esters (lactones) is 1. The van der Waals surface area contributed by atoms with Crippen molar-refractivity contribution in [3.05, 3.63) is 36.5 Å². The highest BCUT2D eigenvalue weighted by atomic mass is 32.2. The normalized spacial score (nSPS) is 18.6. The van der Waals surface area contributed by atoms with E-state index in [1.807, 2.05) is 36.0 Å². The molecule has 0 N–H and O–H groups in total. The Morgan fingerprint density at radius 2 is 2.16 bits per heavy atom. The first-order chi connectivity index (χ1) is 9.25. The number of rotatable bonds is 3. The fourth-order valence-corrected chi connectivity index (χ4v) is 3.09. The van der Waals surface area contributed by atoms with Gasteiger partial charge in [0.25, 0.3) is 0 Å². The molecule has 0 aliphatic carbocycles. The second kappa shape index (κ2) is 5.09. The van der Waals surface area contributed by atoms with E-state index in [2.05, 4.69) is 17.1 Å². The van der Waals surface area contributed by atoms with Crippen molar-refractivity contribution in [2.24, 2.45) is 7.05 Å². The minimum atomic E-state index is -0.130. The molecule has 0 saturated carbocycles. The number of carbonyl (C=O) groups excluding carboxylic acids is 1. The van der Waals surface area contributed by atoms with Crippen LogP contribution in [0.25, 0.3) is 11.3 Å². The van der Waals surface area contributed by atoms with E-state index in [0.717, 1.165) is 22.8 Å². The van der Waals surface area contributed by atoms with Crippen LogP contribution in [-0.4, -0.2) is 27.4 Å². The molecule has 0 spiro atoms. The zero-order chi connectivity index (χ0) is 13.2.